The topological polar surface area (TPSA) is 64.4 Å². The van der Waals surface area contributed by atoms with Gasteiger partial charge in [0.05, 0.1) is 30.6 Å². The number of hydrogen-bond acceptors (Lipinski definition) is 4. The predicted octanol–water partition coefficient (Wildman–Crippen LogP) is 5.48. The van der Waals surface area contributed by atoms with E-state index in [-0.39, 0.29) is 5.91 Å². The molecule has 1 N–H and O–H groups in total. The highest BCUT2D eigenvalue weighted by atomic mass is 35.5. The third kappa shape index (κ3) is 4.25. The van der Waals surface area contributed by atoms with Crippen LogP contribution < -0.4 is 10.1 Å². The molecule has 0 aliphatic heterocycles. The summed E-state index contributed by atoms with van der Waals surface area (Å²) in [6.07, 6.45) is 1.58. The maximum atomic E-state index is 12.5. The van der Waals surface area contributed by atoms with Crippen LogP contribution in [0.2, 0.25) is 5.02 Å². The van der Waals surface area contributed by atoms with Gasteiger partial charge in [-0.2, -0.15) is 0 Å². The van der Waals surface area contributed by atoms with Crippen molar-refractivity contribution in [3.63, 3.8) is 0 Å². The van der Waals surface area contributed by atoms with Gasteiger partial charge in [0.15, 0.2) is 0 Å². The van der Waals surface area contributed by atoms with Gasteiger partial charge in [-0.1, -0.05) is 23.7 Å². The second-order valence-corrected chi connectivity index (χ2v) is 6.88. The fraction of sp³-hybridized carbons (Fsp3) is 0.130. The highest BCUT2D eigenvalue weighted by Gasteiger charge is 2.13. The first-order valence-corrected chi connectivity index (χ1v) is 9.66. The minimum Gasteiger partial charge on any atom is -0.493 e. The normalized spacial score (nSPS) is 10.8. The zero-order valence-electron chi connectivity index (χ0n) is 15.8. The second-order valence-electron chi connectivity index (χ2n) is 6.44. The fourth-order valence-corrected chi connectivity index (χ4v) is 3.28. The van der Waals surface area contributed by atoms with E-state index in [1.54, 1.807) is 24.5 Å². The molecule has 4 rings (SSSR count). The smallest absolute Gasteiger partial charge is 0.251 e. The minimum atomic E-state index is -0.190. The summed E-state index contributed by atoms with van der Waals surface area (Å²) in [5.41, 5.74) is 2.94. The average molecular weight is 407 g/mol. The molecule has 2 aromatic carbocycles. The highest BCUT2D eigenvalue weighted by Crippen LogP contribution is 2.31. The Bertz CT molecular complexity index is 1160. The van der Waals surface area contributed by atoms with E-state index in [4.69, 9.17) is 25.7 Å². The number of hydrogen-bond donors (Lipinski definition) is 1. The van der Waals surface area contributed by atoms with Crippen molar-refractivity contribution >= 4 is 28.4 Å². The Balaban J connectivity index is 1.69. The van der Waals surface area contributed by atoms with Crippen LogP contribution in [-0.4, -0.2) is 17.5 Å². The molecular formula is C23H19ClN2O3. The minimum absolute atomic E-state index is 0.190. The van der Waals surface area contributed by atoms with Crippen molar-refractivity contribution < 1.29 is 13.9 Å². The average Bonchev–Trinajstić information content (AvgIpc) is 3.25. The summed E-state index contributed by atoms with van der Waals surface area (Å²) in [6, 6.07) is 18.4. The zero-order chi connectivity index (χ0) is 20.2. The van der Waals surface area contributed by atoms with Crippen LogP contribution in [-0.2, 0) is 6.54 Å². The molecule has 2 heterocycles. The lowest BCUT2D eigenvalue weighted by Crippen LogP contribution is -2.22. The van der Waals surface area contributed by atoms with Crippen LogP contribution in [0.3, 0.4) is 0 Å². The van der Waals surface area contributed by atoms with E-state index in [2.05, 4.69) is 5.32 Å². The largest absolute Gasteiger partial charge is 0.493 e. The standard InChI is InChI=1S/C23H19ClN2O3/c1-2-28-22-13-21(15-5-3-6-17(24)11-15)26-20-9-8-16(12-19(20)22)23(27)25-14-18-7-4-10-29-18/h3-13H,2,14H2,1H3,(H,25,27). The Kier molecular flexibility index (Phi) is 5.49. The number of amides is 1. The fourth-order valence-electron chi connectivity index (χ4n) is 3.09. The number of carbonyl (C=O) groups is 1. The zero-order valence-corrected chi connectivity index (χ0v) is 16.6. The number of pyridine rings is 1. The molecule has 0 fully saturated rings. The van der Waals surface area contributed by atoms with Crippen LogP contribution in [0.25, 0.3) is 22.2 Å². The van der Waals surface area contributed by atoms with E-state index in [1.807, 2.05) is 49.4 Å². The van der Waals surface area contributed by atoms with E-state index in [9.17, 15) is 4.79 Å². The van der Waals surface area contributed by atoms with E-state index in [1.165, 1.54) is 0 Å². The van der Waals surface area contributed by atoms with Crippen molar-refractivity contribution in [1.82, 2.24) is 10.3 Å². The van der Waals surface area contributed by atoms with Crippen molar-refractivity contribution in [1.29, 1.82) is 0 Å². The van der Waals surface area contributed by atoms with Crippen LogP contribution in [0.1, 0.15) is 23.0 Å². The summed E-state index contributed by atoms with van der Waals surface area (Å²) in [6.45, 7) is 2.75. The third-order valence-electron chi connectivity index (χ3n) is 4.46. The molecule has 0 aliphatic carbocycles. The molecule has 1 amide bonds. The molecule has 5 nitrogen and oxygen atoms in total. The molecular weight excluding hydrogens is 388 g/mol. The van der Waals surface area contributed by atoms with Gasteiger partial charge >= 0.3 is 0 Å². The van der Waals surface area contributed by atoms with Gasteiger partial charge in [0.1, 0.15) is 11.5 Å². The van der Waals surface area contributed by atoms with Crippen LogP contribution in [0, 0.1) is 0 Å². The second kappa shape index (κ2) is 8.37. The summed E-state index contributed by atoms with van der Waals surface area (Å²) in [5, 5.41) is 4.28. The molecule has 0 saturated carbocycles. The predicted molar refractivity (Wildman–Crippen MR) is 113 cm³/mol. The van der Waals surface area contributed by atoms with E-state index in [0.29, 0.717) is 35.2 Å². The summed E-state index contributed by atoms with van der Waals surface area (Å²) in [7, 11) is 0. The molecule has 4 aromatic rings. The first-order chi connectivity index (χ1) is 14.1. The number of ether oxygens (including phenoxy) is 1. The Hall–Kier alpha value is -3.31. The van der Waals surface area contributed by atoms with Gasteiger partial charge in [-0.3, -0.25) is 4.79 Å². The Labute approximate surface area is 173 Å². The van der Waals surface area contributed by atoms with Gasteiger partial charge in [-0.15, -0.1) is 0 Å². The van der Waals surface area contributed by atoms with Crippen LogP contribution in [0.4, 0.5) is 0 Å². The van der Waals surface area contributed by atoms with E-state index >= 15 is 0 Å². The number of fused-ring (bicyclic) bond motifs is 1. The molecule has 146 valence electrons. The molecule has 0 bridgehead atoms. The quantitative estimate of drug-likeness (QED) is 0.460. The highest BCUT2D eigenvalue weighted by molar-refractivity contribution is 6.30. The van der Waals surface area contributed by atoms with Gasteiger partial charge in [0.25, 0.3) is 5.91 Å². The van der Waals surface area contributed by atoms with Crippen LogP contribution in [0.15, 0.2) is 71.3 Å². The van der Waals surface area contributed by atoms with Gasteiger partial charge in [-0.05, 0) is 49.4 Å². The van der Waals surface area contributed by atoms with Crippen molar-refractivity contribution in [3.8, 4) is 17.0 Å². The Morgan fingerprint density at radius 2 is 2.03 bits per heavy atom. The van der Waals surface area contributed by atoms with Crippen molar-refractivity contribution in [2.45, 2.75) is 13.5 Å². The van der Waals surface area contributed by atoms with Crippen molar-refractivity contribution in [2.75, 3.05) is 6.61 Å². The Morgan fingerprint density at radius 3 is 2.79 bits per heavy atom. The molecule has 2 aromatic heterocycles. The Morgan fingerprint density at radius 1 is 1.14 bits per heavy atom. The summed E-state index contributed by atoms with van der Waals surface area (Å²) >= 11 is 6.13. The van der Waals surface area contributed by atoms with Gasteiger partial charge in [0, 0.05) is 27.6 Å². The monoisotopic (exact) mass is 406 g/mol. The molecule has 0 aliphatic rings. The molecule has 6 heteroatoms. The van der Waals surface area contributed by atoms with Gasteiger partial charge in [0.2, 0.25) is 0 Å². The first kappa shape index (κ1) is 19.0. The lowest BCUT2D eigenvalue weighted by Gasteiger charge is -2.12. The molecule has 29 heavy (non-hydrogen) atoms. The first-order valence-electron chi connectivity index (χ1n) is 9.28. The van der Waals surface area contributed by atoms with Gasteiger partial charge < -0.3 is 14.5 Å². The number of furan rings is 1. The molecule has 0 spiro atoms. The maximum absolute atomic E-state index is 12.5. The summed E-state index contributed by atoms with van der Waals surface area (Å²) < 4.78 is 11.1. The summed E-state index contributed by atoms with van der Waals surface area (Å²) in [4.78, 5) is 17.3. The molecule has 0 atom stereocenters. The van der Waals surface area contributed by atoms with Crippen molar-refractivity contribution in [3.05, 3.63) is 83.3 Å². The van der Waals surface area contributed by atoms with E-state index < -0.39 is 0 Å². The third-order valence-corrected chi connectivity index (χ3v) is 4.69. The van der Waals surface area contributed by atoms with Crippen LogP contribution >= 0.6 is 11.6 Å². The number of carbonyl (C=O) groups excluding carboxylic acids is 1. The summed E-state index contributed by atoms with van der Waals surface area (Å²) in [5.74, 6) is 1.18. The number of halogens is 1. The number of rotatable bonds is 6. The van der Waals surface area contributed by atoms with Gasteiger partial charge in [-0.25, -0.2) is 4.98 Å². The van der Waals surface area contributed by atoms with Crippen molar-refractivity contribution in [2.24, 2.45) is 0 Å². The maximum Gasteiger partial charge on any atom is 0.251 e. The number of nitrogens with one attached hydrogen (secondary N) is 1. The SMILES string of the molecule is CCOc1cc(-c2cccc(Cl)c2)nc2ccc(C(=O)NCc3ccco3)cc12. The number of aromatic nitrogens is 1. The lowest BCUT2D eigenvalue weighted by molar-refractivity contribution is 0.0948. The number of nitrogens with zero attached hydrogens (tertiary/aromatic N) is 1. The van der Waals surface area contributed by atoms with Crippen LogP contribution in [0.5, 0.6) is 5.75 Å². The molecule has 0 saturated heterocycles. The van der Waals surface area contributed by atoms with E-state index in [0.717, 1.165) is 22.2 Å². The molecule has 0 radical (unpaired) electrons. The lowest BCUT2D eigenvalue weighted by atomic mass is 10.1. The number of benzene rings is 2. The molecule has 0 unspecified atom stereocenters.